The van der Waals surface area contributed by atoms with Crippen molar-refractivity contribution in [2.45, 2.75) is 18.6 Å². The van der Waals surface area contributed by atoms with Crippen LogP contribution < -0.4 is 5.73 Å². The molecule has 98 valence electrons. The zero-order valence-electron chi connectivity index (χ0n) is 8.67. The summed E-state index contributed by atoms with van der Waals surface area (Å²) in [6.07, 6.45) is -4.77. The van der Waals surface area contributed by atoms with E-state index in [1.54, 1.807) is 0 Å². The van der Waals surface area contributed by atoms with Gasteiger partial charge in [-0.25, -0.2) is 4.39 Å². The Kier molecular flexibility index (Phi) is 5.87. The Hall–Kier alpha value is -0.850. The molecule has 1 rings (SSSR count). The molecule has 7 heteroatoms. The third-order valence-corrected chi connectivity index (χ3v) is 2.17. The van der Waals surface area contributed by atoms with Crippen molar-refractivity contribution in [2.75, 3.05) is 6.61 Å². The molecule has 0 aliphatic rings. The SMILES string of the molecule is Cl.NC(CCO)c1c(F)cccc1C(F)(F)F. The molecule has 0 aromatic heterocycles. The van der Waals surface area contributed by atoms with Gasteiger partial charge in [0.2, 0.25) is 0 Å². The highest BCUT2D eigenvalue weighted by Gasteiger charge is 2.35. The van der Waals surface area contributed by atoms with Gasteiger partial charge in [-0.1, -0.05) is 6.07 Å². The van der Waals surface area contributed by atoms with Gasteiger partial charge in [-0.3, -0.25) is 0 Å². The average Bonchev–Trinajstić information content (AvgIpc) is 2.16. The Morgan fingerprint density at radius 1 is 1.29 bits per heavy atom. The van der Waals surface area contributed by atoms with E-state index in [2.05, 4.69) is 0 Å². The summed E-state index contributed by atoms with van der Waals surface area (Å²) in [5.74, 6) is -1.00. The first-order valence-electron chi connectivity index (χ1n) is 4.60. The highest BCUT2D eigenvalue weighted by atomic mass is 35.5. The molecule has 0 aliphatic heterocycles. The van der Waals surface area contributed by atoms with Crippen molar-refractivity contribution >= 4 is 12.4 Å². The van der Waals surface area contributed by atoms with Gasteiger partial charge in [-0.15, -0.1) is 12.4 Å². The second-order valence-electron chi connectivity index (χ2n) is 3.32. The second kappa shape index (κ2) is 6.18. The summed E-state index contributed by atoms with van der Waals surface area (Å²) in [7, 11) is 0. The van der Waals surface area contributed by atoms with Crippen LogP contribution in [0.2, 0.25) is 0 Å². The van der Waals surface area contributed by atoms with E-state index < -0.39 is 35.8 Å². The fourth-order valence-corrected chi connectivity index (χ4v) is 1.44. The Morgan fingerprint density at radius 2 is 1.88 bits per heavy atom. The molecule has 1 unspecified atom stereocenters. The van der Waals surface area contributed by atoms with Gasteiger partial charge in [0, 0.05) is 18.2 Å². The molecule has 0 radical (unpaired) electrons. The minimum Gasteiger partial charge on any atom is -0.396 e. The van der Waals surface area contributed by atoms with E-state index in [1.165, 1.54) is 0 Å². The molecule has 0 spiro atoms. The maximum Gasteiger partial charge on any atom is 0.416 e. The molecule has 1 atom stereocenters. The summed E-state index contributed by atoms with van der Waals surface area (Å²) in [6, 6.07) is 1.51. The van der Waals surface area contributed by atoms with Crippen LogP contribution in [0.5, 0.6) is 0 Å². The molecule has 0 heterocycles. The van der Waals surface area contributed by atoms with Gasteiger partial charge in [0.25, 0.3) is 0 Å². The fraction of sp³-hybridized carbons (Fsp3) is 0.400. The number of hydrogen-bond acceptors (Lipinski definition) is 2. The van der Waals surface area contributed by atoms with E-state index in [0.29, 0.717) is 0 Å². The highest BCUT2D eigenvalue weighted by molar-refractivity contribution is 5.85. The zero-order chi connectivity index (χ0) is 12.3. The van der Waals surface area contributed by atoms with Crippen molar-refractivity contribution in [3.8, 4) is 0 Å². The molecule has 0 bridgehead atoms. The van der Waals surface area contributed by atoms with Crippen LogP contribution in [0.15, 0.2) is 18.2 Å². The lowest BCUT2D eigenvalue weighted by atomic mass is 9.98. The van der Waals surface area contributed by atoms with Crippen molar-refractivity contribution in [2.24, 2.45) is 5.73 Å². The van der Waals surface area contributed by atoms with Gasteiger partial charge in [0.05, 0.1) is 5.56 Å². The molecule has 0 saturated heterocycles. The first kappa shape index (κ1) is 16.1. The number of aliphatic hydroxyl groups excluding tert-OH is 1. The Labute approximate surface area is 102 Å². The lowest BCUT2D eigenvalue weighted by Crippen LogP contribution is -2.20. The maximum atomic E-state index is 13.3. The van der Waals surface area contributed by atoms with Crippen LogP contribution in [0.25, 0.3) is 0 Å². The quantitative estimate of drug-likeness (QED) is 0.832. The molecular weight excluding hydrogens is 262 g/mol. The summed E-state index contributed by atoms with van der Waals surface area (Å²) in [4.78, 5) is 0. The second-order valence-corrected chi connectivity index (χ2v) is 3.32. The third kappa shape index (κ3) is 3.83. The van der Waals surface area contributed by atoms with Gasteiger partial charge in [-0.05, 0) is 18.6 Å². The highest BCUT2D eigenvalue weighted by Crippen LogP contribution is 2.35. The minimum atomic E-state index is -4.65. The minimum absolute atomic E-state index is 0. The lowest BCUT2D eigenvalue weighted by molar-refractivity contribution is -0.138. The monoisotopic (exact) mass is 273 g/mol. The summed E-state index contributed by atoms with van der Waals surface area (Å²) in [5.41, 5.74) is 3.72. The maximum absolute atomic E-state index is 13.3. The number of alkyl halides is 3. The number of halogens is 5. The van der Waals surface area contributed by atoms with Gasteiger partial charge < -0.3 is 10.8 Å². The van der Waals surface area contributed by atoms with Crippen LogP contribution in [0.4, 0.5) is 17.6 Å². The molecule has 1 aromatic rings. The Morgan fingerprint density at radius 3 is 2.35 bits per heavy atom. The molecule has 0 amide bonds. The molecule has 3 N–H and O–H groups in total. The lowest BCUT2D eigenvalue weighted by Gasteiger charge is -2.18. The van der Waals surface area contributed by atoms with Gasteiger partial charge in [0.1, 0.15) is 5.82 Å². The smallest absolute Gasteiger partial charge is 0.396 e. The predicted molar refractivity (Wildman–Crippen MR) is 57.3 cm³/mol. The molecule has 0 aliphatic carbocycles. The first-order chi connectivity index (χ1) is 7.38. The van der Waals surface area contributed by atoms with Gasteiger partial charge in [0.15, 0.2) is 0 Å². The van der Waals surface area contributed by atoms with Crippen LogP contribution in [-0.2, 0) is 6.18 Å². The molecule has 0 fully saturated rings. The average molecular weight is 274 g/mol. The number of nitrogens with two attached hydrogens (primary N) is 1. The fourth-order valence-electron chi connectivity index (χ4n) is 1.44. The van der Waals surface area contributed by atoms with Crippen LogP contribution in [-0.4, -0.2) is 11.7 Å². The number of aliphatic hydroxyl groups is 1. The Bertz CT molecular complexity index is 370. The summed E-state index contributed by atoms with van der Waals surface area (Å²) in [6.45, 7) is -0.396. The molecule has 17 heavy (non-hydrogen) atoms. The van der Waals surface area contributed by atoms with Crippen molar-refractivity contribution in [1.82, 2.24) is 0 Å². The van der Waals surface area contributed by atoms with Crippen LogP contribution in [0, 0.1) is 5.82 Å². The van der Waals surface area contributed by atoms with E-state index >= 15 is 0 Å². The predicted octanol–water partition coefficient (Wildman–Crippen LogP) is 2.65. The summed E-state index contributed by atoms with van der Waals surface area (Å²) in [5, 5.41) is 8.60. The van der Waals surface area contributed by atoms with Crippen molar-refractivity contribution < 1.29 is 22.7 Å². The molecule has 2 nitrogen and oxygen atoms in total. The standard InChI is InChI=1S/C10H11F4NO.ClH/c11-7-3-1-2-6(10(12,13)14)9(7)8(15)4-5-16;/h1-3,8,16H,4-5,15H2;1H. The Balaban J connectivity index is 0.00000256. The summed E-state index contributed by atoms with van der Waals surface area (Å²) < 4.78 is 50.9. The summed E-state index contributed by atoms with van der Waals surface area (Å²) >= 11 is 0. The van der Waals surface area contributed by atoms with Crippen LogP contribution in [0.3, 0.4) is 0 Å². The van der Waals surface area contributed by atoms with Gasteiger partial charge in [-0.2, -0.15) is 13.2 Å². The van der Waals surface area contributed by atoms with E-state index in [4.69, 9.17) is 10.8 Å². The number of benzene rings is 1. The van der Waals surface area contributed by atoms with Crippen molar-refractivity contribution in [3.05, 3.63) is 35.1 Å². The molecular formula is C10H12ClF4NO. The normalized spacial score (nSPS) is 13.1. The molecule has 0 saturated carbocycles. The largest absolute Gasteiger partial charge is 0.416 e. The van der Waals surface area contributed by atoms with Crippen molar-refractivity contribution in [3.63, 3.8) is 0 Å². The van der Waals surface area contributed by atoms with Gasteiger partial charge >= 0.3 is 6.18 Å². The van der Waals surface area contributed by atoms with E-state index in [0.717, 1.165) is 18.2 Å². The van der Waals surface area contributed by atoms with E-state index in [1.807, 2.05) is 0 Å². The molecule has 1 aromatic carbocycles. The van der Waals surface area contributed by atoms with Crippen LogP contribution in [0.1, 0.15) is 23.6 Å². The van der Waals surface area contributed by atoms with Crippen molar-refractivity contribution in [1.29, 1.82) is 0 Å². The van der Waals surface area contributed by atoms with Crippen LogP contribution >= 0.6 is 12.4 Å². The third-order valence-electron chi connectivity index (χ3n) is 2.17. The number of hydrogen-bond donors (Lipinski definition) is 2. The first-order valence-corrected chi connectivity index (χ1v) is 4.60. The topological polar surface area (TPSA) is 46.2 Å². The zero-order valence-corrected chi connectivity index (χ0v) is 9.48. The van der Waals surface area contributed by atoms with E-state index in [9.17, 15) is 17.6 Å². The number of rotatable bonds is 3. The van der Waals surface area contributed by atoms with E-state index in [-0.39, 0.29) is 18.8 Å².